The van der Waals surface area contributed by atoms with Crippen LogP contribution in [0, 0.1) is 0 Å². The molecule has 0 spiro atoms. The number of hydrogen-bond acceptors (Lipinski definition) is 2. The minimum absolute atomic E-state index is 0.561. The van der Waals surface area contributed by atoms with Gasteiger partial charge in [-0.15, -0.1) is 0 Å². The van der Waals surface area contributed by atoms with Crippen molar-refractivity contribution in [1.82, 2.24) is 0 Å². The number of carbonyl (C=O) groups is 1. The van der Waals surface area contributed by atoms with Gasteiger partial charge in [0.25, 0.3) is 0 Å². The molecule has 1 aromatic carbocycles. The third-order valence-electron chi connectivity index (χ3n) is 2.28. The number of benzene rings is 1. The van der Waals surface area contributed by atoms with Gasteiger partial charge in [0.2, 0.25) is 0 Å². The van der Waals surface area contributed by atoms with E-state index in [1.54, 1.807) is 0 Å². The summed E-state index contributed by atoms with van der Waals surface area (Å²) in [5.74, 6) is -1.02. The highest BCUT2D eigenvalue weighted by Gasteiger charge is 2.14. The molecular weight excluding hydrogens is 190 g/mol. The second-order valence-electron chi connectivity index (χ2n) is 3.46. The highest BCUT2D eigenvalue weighted by Crippen LogP contribution is 2.09. The SMILES string of the molecule is C=C(CCc1ccccc1)C(N)C(=O)O. The van der Waals surface area contributed by atoms with Crippen molar-refractivity contribution in [2.45, 2.75) is 18.9 Å². The molecule has 0 radical (unpaired) electrons. The Hall–Kier alpha value is -1.61. The van der Waals surface area contributed by atoms with E-state index in [0.29, 0.717) is 12.0 Å². The quantitative estimate of drug-likeness (QED) is 0.717. The molecule has 0 saturated heterocycles. The van der Waals surface area contributed by atoms with Crippen LogP contribution < -0.4 is 5.73 Å². The van der Waals surface area contributed by atoms with E-state index in [4.69, 9.17) is 10.8 Å². The highest BCUT2D eigenvalue weighted by atomic mass is 16.4. The predicted molar refractivity (Wildman–Crippen MR) is 59.5 cm³/mol. The van der Waals surface area contributed by atoms with Crippen molar-refractivity contribution in [3.63, 3.8) is 0 Å². The lowest BCUT2D eigenvalue weighted by molar-refractivity contribution is -0.137. The number of rotatable bonds is 5. The zero-order chi connectivity index (χ0) is 11.3. The normalized spacial score (nSPS) is 12.1. The smallest absolute Gasteiger partial charge is 0.324 e. The average Bonchev–Trinajstić information content (AvgIpc) is 2.26. The lowest BCUT2D eigenvalue weighted by atomic mass is 10.0. The largest absolute Gasteiger partial charge is 0.480 e. The summed E-state index contributed by atoms with van der Waals surface area (Å²) in [5.41, 5.74) is 7.15. The summed E-state index contributed by atoms with van der Waals surface area (Å²) in [6.07, 6.45) is 1.39. The first-order valence-corrected chi connectivity index (χ1v) is 4.81. The highest BCUT2D eigenvalue weighted by molar-refractivity contribution is 5.76. The van der Waals surface area contributed by atoms with Gasteiger partial charge in [-0.05, 0) is 24.0 Å². The van der Waals surface area contributed by atoms with Crippen LogP contribution in [0.2, 0.25) is 0 Å². The van der Waals surface area contributed by atoms with E-state index >= 15 is 0 Å². The van der Waals surface area contributed by atoms with Gasteiger partial charge in [-0.25, -0.2) is 0 Å². The maximum absolute atomic E-state index is 10.6. The van der Waals surface area contributed by atoms with Crippen LogP contribution in [0.15, 0.2) is 42.5 Å². The fourth-order valence-electron chi connectivity index (χ4n) is 1.28. The molecular formula is C12H15NO2. The monoisotopic (exact) mass is 205 g/mol. The molecule has 0 aliphatic heterocycles. The Morgan fingerprint density at radius 3 is 2.53 bits per heavy atom. The summed E-state index contributed by atoms with van der Waals surface area (Å²) in [7, 11) is 0. The summed E-state index contributed by atoms with van der Waals surface area (Å²) in [6, 6.07) is 8.90. The number of nitrogens with two attached hydrogens (primary N) is 1. The van der Waals surface area contributed by atoms with E-state index < -0.39 is 12.0 Å². The Bertz CT molecular complexity index is 346. The molecule has 80 valence electrons. The first kappa shape index (κ1) is 11.5. The molecule has 3 heteroatoms. The van der Waals surface area contributed by atoms with Gasteiger partial charge in [-0.1, -0.05) is 36.9 Å². The van der Waals surface area contributed by atoms with Crippen LogP contribution in [0.1, 0.15) is 12.0 Å². The van der Waals surface area contributed by atoms with Gasteiger partial charge in [-0.2, -0.15) is 0 Å². The van der Waals surface area contributed by atoms with Crippen LogP contribution in [0.25, 0.3) is 0 Å². The minimum Gasteiger partial charge on any atom is -0.480 e. The van der Waals surface area contributed by atoms with Crippen LogP contribution in [0.4, 0.5) is 0 Å². The summed E-state index contributed by atoms with van der Waals surface area (Å²) in [6.45, 7) is 3.69. The first-order chi connectivity index (χ1) is 7.11. The van der Waals surface area contributed by atoms with Crippen molar-refractivity contribution < 1.29 is 9.90 Å². The van der Waals surface area contributed by atoms with Crippen LogP contribution in [-0.4, -0.2) is 17.1 Å². The molecule has 1 atom stereocenters. The molecule has 0 saturated carbocycles. The second kappa shape index (κ2) is 5.32. The number of carboxylic acids is 1. The van der Waals surface area contributed by atoms with Crippen LogP contribution >= 0.6 is 0 Å². The van der Waals surface area contributed by atoms with E-state index in [1.165, 1.54) is 0 Å². The van der Waals surface area contributed by atoms with Crippen molar-refractivity contribution in [2.24, 2.45) is 5.73 Å². The molecule has 0 fully saturated rings. The fourth-order valence-corrected chi connectivity index (χ4v) is 1.28. The summed E-state index contributed by atoms with van der Waals surface area (Å²) < 4.78 is 0. The Morgan fingerprint density at radius 1 is 1.40 bits per heavy atom. The maximum atomic E-state index is 10.6. The average molecular weight is 205 g/mol. The summed E-state index contributed by atoms with van der Waals surface area (Å²) in [5, 5.41) is 8.66. The van der Waals surface area contributed by atoms with Crippen molar-refractivity contribution in [3.05, 3.63) is 48.0 Å². The molecule has 0 aliphatic rings. The van der Waals surface area contributed by atoms with Gasteiger partial charge in [0.15, 0.2) is 0 Å². The fraction of sp³-hybridized carbons (Fsp3) is 0.250. The van der Waals surface area contributed by atoms with E-state index in [0.717, 1.165) is 12.0 Å². The molecule has 0 aliphatic carbocycles. The minimum atomic E-state index is -1.02. The Balaban J connectivity index is 2.44. The van der Waals surface area contributed by atoms with Gasteiger partial charge >= 0.3 is 5.97 Å². The molecule has 0 bridgehead atoms. The topological polar surface area (TPSA) is 63.3 Å². The maximum Gasteiger partial charge on any atom is 0.324 e. The summed E-state index contributed by atoms with van der Waals surface area (Å²) >= 11 is 0. The molecule has 0 heterocycles. The molecule has 1 unspecified atom stereocenters. The molecule has 0 amide bonds. The number of carboxylic acid groups (broad SMARTS) is 1. The van der Waals surface area contributed by atoms with Crippen molar-refractivity contribution in [1.29, 1.82) is 0 Å². The third-order valence-corrected chi connectivity index (χ3v) is 2.28. The molecule has 3 N–H and O–H groups in total. The van der Waals surface area contributed by atoms with Crippen molar-refractivity contribution in [2.75, 3.05) is 0 Å². The molecule has 15 heavy (non-hydrogen) atoms. The Labute approximate surface area is 89.2 Å². The van der Waals surface area contributed by atoms with Gasteiger partial charge in [0.1, 0.15) is 6.04 Å². The van der Waals surface area contributed by atoms with Crippen LogP contribution in [0.5, 0.6) is 0 Å². The van der Waals surface area contributed by atoms with E-state index in [-0.39, 0.29) is 0 Å². The lowest BCUT2D eigenvalue weighted by Crippen LogP contribution is -2.31. The zero-order valence-electron chi connectivity index (χ0n) is 8.52. The Kier molecular flexibility index (Phi) is 4.06. The van der Waals surface area contributed by atoms with E-state index in [1.807, 2.05) is 30.3 Å². The third kappa shape index (κ3) is 3.56. The van der Waals surface area contributed by atoms with Crippen LogP contribution in [-0.2, 0) is 11.2 Å². The number of aliphatic carboxylic acids is 1. The Morgan fingerprint density at radius 2 is 2.00 bits per heavy atom. The van der Waals surface area contributed by atoms with E-state index in [9.17, 15) is 4.79 Å². The molecule has 3 nitrogen and oxygen atoms in total. The van der Waals surface area contributed by atoms with Gasteiger partial charge in [0, 0.05) is 0 Å². The molecule has 1 rings (SSSR count). The van der Waals surface area contributed by atoms with Crippen molar-refractivity contribution in [3.8, 4) is 0 Å². The molecule has 1 aromatic rings. The van der Waals surface area contributed by atoms with E-state index in [2.05, 4.69) is 6.58 Å². The first-order valence-electron chi connectivity index (χ1n) is 4.81. The van der Waals surface area contributed by atoms with Gasteiger partial charge in [0.05, 0.1) is 0 Å². The number of hydrogen-bond donors (Lipinski definition) is 2. The number of aryl methyl sites for hydroxylation is 1. The summed E-state index contributed by atoms with van der Waals surface area (Å²) in [4.78, 5) is 10.6. The van der Waals surface area contributed by atoms with Crippen LogP contribution in [0.3, 0.4) is 0 Å². The van der Waals surface area contributed by atoms with Crippen molar-refractivity contribution >= 4 is 5.97 Å². The standard InChI is InChI=1S/C12H15NO2/c1-9(11(13)12(14)15)7-8-10-5-3-2-4-6-10/h2-6,11H,1,7-8,13H2,(H,14,15). The van der Waals surface area contributed by atoms with Gasteiger partial charge in [-0.3, -0.25) is 4.79 Å². The zero-order valence-corrected chi connectivity index (χ0v) is 8.52. The molecule has 0 aromatic heterocycles. The second-order valence-corrected chi connectivity index (χ2v) is 3.46. The lowest BCUT2D eigenvalue weighted by Gasteiger charge is -2.09. The predicted octanol–water partition coefficient (Wildman–Crippen LogP) is 1.59. The van der Waals surface area contributed by atoms with Gasteiger partial charge < -0.3 is 10.8 Å².